The van der Waals surface area contributed by atoms with Crippen molar-refractivity contribution in [2.75, 3.05) is 44.2 Å². The molecule has 0 spiro atoms. The van der Waals surface area contributed by atoms with Crippen molar-refractivity contribution in [2.45, 2.75) is 0 Å². The Kier molecular flexibility index (Phi) is 5.44. The summed E-state index contributed by atoms with van der Waals surface area (Å²) in [5.74, 6) is -0.342. The van der Waals surface area contributed by atoms with Crippen molar-refractivity contribution in [3.63, 3.8) is 0 Å². The minimum Gasteiger partial charge on any atom is -0.460 e. The second-order valence-corrected chi connectivity index (χ2v) is 7.01. The summed E-state index contributed by atoms with van der Waals surface area (Å²) < 4.78 is 5.42. The Bertz CT molecular complexity index is 974. The zero-order valence-corrected chi connectivity index (χ0v) is 15.9. The van der Waals surface area contributed by atoms with Gasteiger partial charge >= 0.3 is 5.97 Å². The first-order valence-corrected chi connectivity index (χ1v) is 9.57. The molecular formula is C21H22N4O4. The summed E-state index contributed by atoms with van der Waals surface area (Å²) in [7, 11) is 0. The Hall–Kier alpha value is -3.39. The fourth-order valence-corrected chi connectivity index (χ4v) is 3.54. The number of anilines is 1. The number of nitro benzene ring substituents is 1. The standard InChI is InChI=1S/C21H22N4O4/c26-21(20-15-16-3-1-2-4-19(16)22-20)29-14-13-23-9-11-24(12-10-23)17-5-7-18(8-6-17)25(27)28/h1-8,15,22H,9-14H2. The van der Waals surface area contributed by atoms with Gasteiger partial charge in [-0.15, -0.1) is 0 Å². The largest absolute Gasteiger partial charge is 0.460 e. The summed E-state index contributed by atoms with van der Waals surface area (Å²) >= 11 is 0. The minimum atomic E-state index is -0.390. The van der Waals surface area contributed by atoms with E-state index in [4.69, 9.17) is 4.74 Å². The highest BCUT2D eigenvalue weighted by molar-refractivity contribution is 5.94. The molecule has 0 unspecified atom stereocenters. The molecule has 0 aliphatic carbocycles. The van der Waals surface area contributed by atoms with E-state index in [1.165, 1.54) is 12.1 Å². The maximum atomic E-state index is 12.2. The summed E-state index contributed by atoms with van der Waals surface area (Å²) in [5.41, 5.74) is 2.47. The molecule has 1 aromatic heterocycles. The number of aromatic amines is 1. The molecule has 1 aliphatic rings. The SMILES string of the molecule is O=C(OCCN1CCN(c2ccc([N+](=O)[O-])cc2)CC1)c1cc2ccccc2[nH]1. The van der Waals surface area contributed by atoms with E-state index in [9.17, 15) is 14.9 Å². The van der Waals surface area contributed by atoms with Crippen molar-refractivity contribution in [3.8, 4) is 0 Å². The molecule has 0 saturated carbocycles. The monoisotopic (exact) mass is 394 g/mol. The van der Waals surface area contributed by atoms with Gasteiger partial charge in [-0.2, -0.15) is 0 Å². The zero-order valence-electron chi connectivity index (χ0n) is 15.9. The van der Waals surface area contributed by atoms with Gasteiger partial charge in [0.15, 0.2) is 0 Å². The van der Waals surface area contributed by atoms with Crippen LogP contribution in [0.4, 0.5) is 11.4 Å². The van der Waals surface area contributed by atoms with Crippen molar-refractivity contribution >= 4 is 28.2 Å². The second-order valence-electron chi connectivity index (χ2n) is 7.01. The quantitative estimate of drug-likeness (QED) is 0.392. The number of nitrogens with one attached hydrogen (secondary N) is 1. The van der Waals surface area contributed by atoms with E-state index in [-0.39, 0.29) is 11.7 Å². The molecule has 4 rings (SSSR count). The molecule has 0 bridgehead atoms. The Balaban J connectivity index is 1.22. The summed E-state index contributed by atoms with van der Waals surface area (Å²) in [5, 5.41) is 11.8. The van der Waals surface area contributed by atoms with Crippen molar-refractivity contribution < 1.29 is 14.5 Å². The predicted molar refractivity (Wildman–Crippen MR) is 110 cm³/mol. The van der Waals surface area contributed by atoms with E-state index < -0.39 is 4.92 Å². The lowest BCUT2D eigenvalue weighted by Crippen LogP contribution is -2.47. The van der Waals surface area contributed by atoms with Crippen LogP contribution in [0.15, 0.2) is 54.6 Å². The van der Waals surface area contributed by atoms with Gasteiger partial charge in [0.2, 0.25) is 0 Å². The normalized spacial score (nSPS) is 14.8. The Morgan fingerprint density at radius 1 is 1.07 bits per heavy atom. The van der Waals surface area contributed by atoms with Gasteiger partial charge in [0.05, 0.1) is 4.92 Å². The van der Waals surface area contributed by atoms with Crippen molar-refractivity contribution in [3.05, 3.63) is 70.4 Å². The number of nitrogens with zero attached hydrogens (tertiary/aromatic N) is 3. The van der Waals surface area contributed by atoms with Crippen LogP contribution in [0.3, 0.4) is 0 Å². The molecule has 3 aromatic rings. The number of hydrogen-bond acceptors (Lipinski definition) is 6. The highest BCUT2D eigenvalue weighted by Gasteiger charge is 2.18. The minimum absolute atomic E-state index is 0.101. The van der Waals surface area contributed by atoms with Crippen LogP contribution in [-0.2, 0) is 4.74 Å². The highest BCUT2D eigenvalue weighted by atomic mass is 16.6. The van der Waals surface area contributed by atoms with E-state index in [2.05, 4.69) is 14.8 Å². The predicted octanol–water partition coefficient (Wildman–Crippen LogP) is 3.06. The number of fused-ring (bicyclic) bond motifs is 1. The number of H-pyrrole nitrogens is 1. The number of carbonyl (C=O) groups is 1. The Morgan fingerprint density at radius 2 is 1.79 bits per heavy atom. The second kappa shape index (κ2) is 8.32. The highest BCUT2D eigenvalue weighted by Crippen LogP contribution is 2.20. The van der Waals surface area contributed by atoms with Crippen LogP contribution >= 0.6 is 0 Å². The molecule has 2 heterocycles. The zero-order chi connectivity index (χ0) is 20.2. The average Bonchev–Trinajstić information content (AvgIpc) is 3.19. The van der Waals surface area contributed by atoms with Gasteiger partial charge in [0.1, 0.15) is 12.3 Å². The molecule has 0 atom stereocenters. The van der Waals surface area contributed by atoms with E-state index in [0.29, 0.717) is 18.8 Å². The van der Waals surface area contributed by atoms with Crippen molar-refractivity contribution in [1.82, 2.24) is 9.88 Å². The Morgan fingerprint density at radius 3 is 2.48 bits per heavy atom. The van der Waals surface area contributed by atoms with Crippen LogP contribution in [0.1, 0.15) is 10.5 Å². The van der Waals surface area contributed by atoms with E-state index in [0.717, 1.165) is 42.8 Å². The molecule has 150 valence electrons. The van der Waals surface area contributed by atoms with E-state index >= 15 is 0 Å². The summed E-state index contributed by atoms with van der Waals surface area (Å²) in [6, 6.07) is 16.2. The number of nitro groups is 1. The lowest BCUT2D eigenvalue weighted by atomic mass is 10.2. The third-order valence-corrected chi connectivity index (χ3v) is 5.19. The van der Waals surface area contributed by atoms with Gasteiger partial charge in [-0.1, -0.05) is 18.2 Å². The lowest BCUT2D eigenvalue weighted by Gasteiger charge is -2.35. The molecule has 1 fully saturated rings. The van der Waals surface area contributed by atoms with Gasteiger partial charge in [0.25, 0.3) is 5.69 Å². The molecule has 8 nitrogen and oxygen atoms in total. The number of non-ortho nitro benzene ring substituents is 1. The molecule has 0 radical (unpaired) electrons. The average molecular weight is 394 g/mol. The van der Waals surface area contributed by atoms with Crippen molar-refractivity contribution in [1.29, 1.82) is 0 Å². The van der Waals surface area contributed by atoms with Gasteiger partial charge in [-0.3, -0.25) is 15.0 Å². The number of piperazine rings is 1. The van der Waals surface area contributed by atoms with Crippen LogP contribution in [0.2, 0.25) is 0 Å². The first-order chi connectivity index (χ1) is 14.1. The molecule has 1 aliphatic heterocycles. The van der Waals surface area contributed by atoms with Crippen LogP contribution in [0.5, 0.6) is 0 Å². The van der Waals surface area contributed by atoms with Crippen LogP contribution in [0, 0.1) is 10.1 Å². The maximum absolute atomic E-state index is 12.2. The topological polar surface area (TPSA) is 91.7 Å². The molecule has 2 aromatic carbocycles. The number of esters is 1. The third kappa shape index (κ3) is 4.38. The number of aromatic nitrogens is 1. The number of hydrogen-bond donors (Lipinski definition) is 1. The van der Waals surface area contributed by atoms with Crippen LogP contribution in [-0.4, -0.2) is 60.1 Å². The summed E-state index contributed by atoms with van der Waals surface area (Å²) in [6.07, 6.45) is 0. The molecule has 1 N–H and O–H groups in total. The smallest absolute Gasteiger partial charge is 0.354 e. The van der Waals surface area contributed by atoms with E-state index in [1.54, 1.807) is 18.2 Å². The number of benzene rings is 2. The maximum Gasteiger partial charge on any atom is 0.354 e. The van der Waals surface area contributed by atoms with Crippen LogP contribution in [0.25, 0.3) is 10.9 Å². The first kappa shape index (κ1) is 18.9. The van der Waals surface area contributed by atoms with Gasteiger partial charge in [-0.25, -0.2) is 4.79 Å². The third-order valence-electron chi connectivity index (χ3n) is 5.19. The number of para-hydroxylation sites is 1. The number of carbonyl (C=O) groups excluding carboxylic acids is 1. The van der Waals surface area contributed by atoms with Crippen LogP contribution < -0.4 is 4.90 Å². The molecule has 0 amide bonds. The Labute approximate surface area is 167 Å². The molecule has 1 saturated heterocycles. The summed E-state index contributed by atoms with van der Waals surface area (Å²) in [4.78, 5) is 30.2. The fraction of sp³-hybridized carbons (Fsp3) is 0.286. The fourth-order valence-electron chi connectivity index (χ4n) is 3.54. The van der Waals surface area contributed by atoms with Gasteiger partial charge < -0.3 is 14.6 Å². The number of rotatable bonds is 6. The molecular weight excluding hydrogens is 372 g/mol. The number of ether oxygens (including phenoxy) is 1. The molecule has 8 heteroatoms. The first-order valence-electron chi connectivity index (χ1n) is 9.57. The lowest BCUT2D eigenvalue weighted by molar-refractivity contribution is -0.384. The van der Waals surface area contributed by atoms with Gasteiger partial charge in [-0.05, 0) is 24.3 Å². The van der Waals surface area contributed by atoms with Gasteiger partial charge in [0, 0.05) is 61.4 Å². The van der Waals surface area contributed by atoms with E-state index in [1.807, 2.05) is 24.3 Å². The van der Waals surface area contributed by atoms with Crippen molar-refractivity contribution in [2.24, 2.45) is 0 Å². The summed E-state index contributed by atoms with van der Waals surface area (Å²) in [6.45, 7) is 4.37. The molecule has 29 heavy (non-hydrogen) atoms.